The lowest BCUT2D eigenvalue weighted by atomic mass is 9.80. The van der Waals surface area contributed by atoms with Crippen molar-refractivity contribution in [1.29, 1.82) is 0 Å². The maximum absolute atomic E-state index is 12.2. The number of nitrogens with one attached hydrogen (secondary N) is 1. The number of rotatable bonds is 10. The van der Waals surface area contributed by atoms with Gasteiger partial charge in [0.15, 0.2) is 0 Å². The molecule has 1 atom stereocenters. The third-order valence-corrected chi connectivity index (χ3v) is 6.74. The van der Waals surface area contributed by atoms with Crippen LogP contribution in [-0.4, -0.2) is 50.4 Å². The second-order valence-corrected chi connectivity index (χ2v) is 9.29. The number of carboxylic acids is 2. The number of carboxylic acid groups (broad SMARTS) is 2. The van der Waals surface area contributed by atoms with E-state index in [1.54, 1.807) is 42.5 Å². The lowest BCUT2D eigenvalue weighted by Gasteiger charge is -2.30. The van der Waals surface area contributed by atoms with Crippen LogP contribution in [0.1, 0.15) is 18.4 Å². The summed E-state index contributed by atoms with van der Waals surface area (Å²) in [5, 5.41) is 22.7. The first-order chi connectivity index (χ1) is 16.1. The molecule has 3 N–H and O–H groups in total. The number of aliphatic carboxylic acids is 2. The van der Waals surface area contributed by atoms with E-state index >= 15 is 0 Å². The van der Waals surface area contributed by atoms with E-state index < -0.39 is 28.0 Å². The topological polar surface area (TPSA) is 139 Å². The minimum Gasteiger partial charge on any atom is -0.478 e. The van der Waals surface area contributed by atoms with Gasteiger partial charge in [-0.25, -0.2) is 9.59 Å². The number of carbonyl (C=O) groups is 2. The average Bonchev–Trinajstić information content (AvgIpc) is 2.78. The van der Waals surface area contributed by atoms with Crippen molar-refractivity contribution < 1.29 is 37.1 Å². The molecule has 0 bridgehead atoms. The summed E-state index contributed by atoms with van der Waals surface area (Å²) in [4.78, 5) is 24.2. The van der Waals surface area contributed by atoms with E-state index in [4.69, 9.17) is 20.5 Å². The number of halogens is 1. The number of allylic oxidation sites excluding steroid dienone is 1. The third-order valence-electron chi connectivity index (χ3n) is 5.07. The number of ether oxygens (including phenoxy) is 1. The Morgan fingerprint density at radius 3 is 2.21 bits per heavy atom. The van der Waals surface area contributed by atoms with Crippen molar-refractivity contribution in [3.63, 3.8) is 0 Å². The van der Waals surface area contributed by atoms with Crippen LogP contribution in [0.25, 0.3) is 0 Å². The van der Waals surface area contributed by atoms with Gasteiger partial charge in [-0.15, -0.1) is 0 Å². The molecule has 2 aromatic rings. The lowest BCUT2D eigenvalue weighted by molar-refractivity contribution is -0.133. The van der Waals surface area contributed by atoms with Crippen LogP contribution in [0.3, 0.4) is 0 Å². The van der Waals surface area contributed by atoms with Gasteiger partial charge < -0.3 is 20.3 Å². The van der Waals surface area contributed by atoms with Crippen LogP contribution in [0.4, 0.5) is 0 Å². The van der Waals surface area contributed by atoms with Gasteiger partial charge >= 0.3 is 11.9 Å². The summed E-state index contributed by atoms with van der Waals surface area (Å²) in [5.41, 5.74) is 0.324. The highest BCUT2D eigenvalue weighted by Gasteiger charge is 2.38. The smallest absolute Gasteiger partial charge is 0.334 e. The van der Waals surface area contributed by atoms with Crippen LogP contribution in [0.15, 0.2) is 82.0 Å². The average molecular weight is 508 g/mol. The second kappa shape index (κ2) is 10.8. The van der Waals surface area contributed by atoms with Crippen molar-refractivity contribution in [1.82, 2.24) is 5.32 Å². The summed E-state index contributed by atoms with van der Waals surface area (Å²) in [5.74, 6) is -3.77. The summed E-state index contributed by atoms with van der Waals surface area (Å²) < 4.78 is 34.7. The molecule has 0 aliphatic carbocycles. The first-order valence-corrected chi connectivity index (χ1v) is 11.9. The predicted molar refractivity (Wildman–Crippen MR) is 123 cm³/mol. The number of benzene rings is 2. The maximum atomic E-state index is 12.2. The quantitative estimate of drug-likeness (QED) is 0.327. The highest BCUT2D eigenvalue weighted by Crippen LogP contribution is 2.41. The molecule has 0 amide bonds. The van der Waals surface area contributed by atoms with E-state index in [1.807, 2.05) is 0 Å². The monoisotopic (exact) mass is 507 g/mol. The van der Waals surface area contributed by atoms with E-state index in [2.05, 4.69) is 5.32 Å². The van der Waals surface area contributed by atoms with Crippen molar-refractivity contribution in [3.8, 4) is 0 Å². The van der Waals surface area contributed by atoms with Gasteiger partial charge in [0.2, 0.25) is 0 Å². The normalized spacial score (nSPS) is 16.4. The van der Waals surface area contributed by atoms with Crippen LogP contribution in [0.2, 0.25) is 5.02 Å². The van der Waals surface area contributed by atoms with Crippen molar-refractivity contribution >= 4 is 33.7 Å². The molecule has 2 aromatic carbocycles. The van der Waals surface area contributed by atoms with Gasteiger partial charge in [-0.2, -0.15) is 8.42 Å². The summed E-state index contributed by atoms with van der Waals surface area (Å²) in [6, 6.07) is 14.0. The molecular formula is C23H22ClNO8S. The van der Waals surface area contributed by atoms with Gasteiger partial charge in [-0.05, 0) is 30.7 Å². The Balaban J connectivity index is 1.79. The fourth-order valence-electron chi connectivity index (χ4n) is 3.60. The van der Waals surface area contributed by atoms with Gasteiger partial charge in [-0.1, -0.05) is 48.0 Å². The Morgan fingerprint density at radius 2 is 1.59 bits per heavy atom. The van der Waals surface area contributed by atoms with Crippen molar-refractivity contribution in [3.05, 3.63) is 87.7 Å². The van der Waals surface area contributed by atoms with Crippen molar-refractivity contribution in [2.75, 3.05) is 19.8 Å². The first-order valence-electron chi connectivity index (χ1n) is 10.1. The molecule has 0 spiro atoms. The highest BCUT2D eigenvalue weighted by atomic mass is 35.5. The van der Waals surface area contributed by atoms with Crippen LogP contribution in [-0.2, 0) is 28.6 Å². The van der Waals surface area contributed by atoms with Gasteiger partial charge in [0, 0.05) is 10.7 Å². The summed E-state index contributed by atoms with van der Waals surface area (Å²) >= 11 is 6.28. The number of hydrogen-bond acceptors (Lipinski definition) is 7. The molecule has 34 heavy (non-hydrogen) atoms. The predicted octanol–water partition coefficient (Wildman–Crippen LogP) is 3.15. The highest BCUT2D eigenvalue weighted by molar-refractivity contribution is 7.86. The largest absolute Gasteiger partial charge is 0.478 e. The molecule has 1 heterocycles. The molecule has 3 rings (SSSR count). The zero-order valence-corrected chi connectivity index (χ0v) is 19.6. The summed E-state index contributed by atoms with van der Waals surface area (Å²) in [6.07, 6.45) is 0. The van der Waals surface area contributed by atoms with Crippen molar-refractivity contribution in [2.24, 2.45) is 0 Å². The SMILES string of the molecule is CC1=C(C(=O)O)C(c2ccccc2Cl)C(C(=O)O)=C(COCCOS(=O)(=O)c2ccccc2)N1. The molecule has 0 fully saturated rings. The Morgan fingerprint density at radius 1 is 0.971 bits per heavy atom. The maximum Gasteiger partial charge on any atom is 0.334 e. The molecule has 11 heteroatoms. The van der Waals surface area contributed by atoms with Gasteiger partial charge in [0.25, 0.3) is 10.1 Å². The minimum atomic E-state index is -3.95. The van der Waals surface area contributed by atoms with E-state index in [9.17, 15) is 28.2 Å². The van der Waals surface area contributed by atoms with E-state index in [0.717, 1.165) is 0 Å². The second-order valence-electron chi connectivity index (χ2n) is 7.26. The number of dihydropyridines is 1. The molecule has 1 aliphatic heterocycles. The summed E-state index contributed by atoms with van der Waals surface area (Å²) in [7, 11) is -3.95. The minimum absolute atomic E-state index is 0.00404. The van der Waals surface area contributed by atoms with Gasteiger partial charge in [0.05, 0.1) is 47.5 Å². The zero-order chi connectivity index (χ0) is 24.9. The van der Waals surface area contributed by atoms with Crippen LogP contribution in [0.5, 0.6) is 0 Å². The molecular weight excluding hydrogens is 486 g/mol. The number of hydrogen-bond donors (Lipinski definition) is 3. The lowest BCUT2D eigenvalue weighted by Crippen LogP contribution is -2.34. The van der Waals surface area contributed by atoms with Gasteiger partial charge in [0.1, 0.15) is 0 Å². The van der Waals surface area contributed by atoms with E-state index in [-0.39, 0.29) is 52.3 Å². The molecule has 1 unspecified atom stereocenters. The van der Waals surface area contributed by atoms with E-state index in [0.29, 0.717) is 5.56 Å². The van der Waals surface area contributed by atoms with Crippen LogP contribution >= 0.6 is 11.6 Å². The van der Waals surface area contributed by atoms with Crippen LogP contribution in [0, 0.1) is 0 Å². The Bertz CT molecular complexity index is 1250. The molecule has 9 nitrogen and oxygen atoms in total. The molecule has 180 valence electrons. The van der Waals surface area contributed by atoms with Crippen LogP contribution < -0.4 is 5.32 Å². The van der Waals surface area contributed by atoms with Gasteiger partial charge in [-0.3, -0.25) is 4.18 Å². The molecule has 0 saturated carbocycles. The standard InChI is InChI=1S/C23H22ClNO8S/c1-14-19(22(26)27)20(16-9-5-6-10-17(16)24)21(23(28)29)18(25-14)13-32-11-12-33-34(30,31)15-7-3-2-4-8-15/h2-10,20,25H,11-13H2,1H3,(H,26,27)(H,28,29). The van der Waals surface area contributed by atoms with E-state index in [1.165, 1.54) is 19.1 Å². The fourth-order valence-corrected chi connectivity index (χ4v) is 4.76. The first kappa shape index (κ1) is 25.4. The molecule has 0 saturated heterocycles. The molecule has 0 radical (unpaired) electrons. The van der Waals surface area contributed by atoms with Crippen molar-refractivity contribution in [2.45, 2.75) is 17.7 Å². The molecule has 1 aliphatic rings. The summed E-state index contributed by atoms with van der Waals surface area (Å²) in [6.45, 7) is 0.814. The zero-order valence-electron chi connectivity index (χ0n) is 18.0. The Hall–Kier alpha value is -3.18. The third kappa shape index (κ3) is 5.65. The Kier molecular flexibility index (Phi) is 8.11. The molecule has 0 aromatic heterocycles. The Labute approximate surface area is 201 Å². The fraction of sp³-hybridized carbons (Fsp3) is 0.217.